The molecule has 0 aliphatic carbocycles. The van der Waals surface area contributed by atoms with Gasteiger partial charge in [-0.15, -0.1) is 0 Å². The van der Waals surface area contributed by atoms with E-state index in [4.69, 9.17) is 5.26 Å². The molecule has 0 saturated heterocycles. The molecule has 0 spiro atoms. The van der Waals surface area contributed by atoms with Crippen LogP contribution in [0.2, 0.25) is 0 Å². The van der Waals surface area contributed by atoms with Crippen LogP contribution in [0.15, 0.2) is 42.2 Å². The molecule has 0 saturated carbocycles. The quantitative estimate of drug-likeness (QED) is 0.104. The molecule has 0 aliphatic rings. The highest BCUT2D eigenvalue weighted by Gasteiger charge is 2.37. The minimum Gasteiger partial charge on any atom is -0.481 e. The lowest BCUT2D eigenvalue weighted by molar-refractivity contribution is -0.146. The maximum Gasteiger partial charge on any atom is 0.307 e. The number of H-pyrrole nitrogens is 1. The molecule has 46 heavy (non-hydrogen) atoms. The minimum absolute atomic E-state index is 0.0270. The number of allylic oxidation sites excluding steroid dienone is 2. The van der Waals surface area contributed by atoms with Crippen molar-refractivity contribution in [2.75, 3.05) is 10.6 Å². The van der Waals surface area contributed by atoms with Crippen LogP contribution in [0, 0.1) is 46.8 Å². The van der Waals surface area contributed by atoms with E-state index in [-0.39, 0.29) is 42.5 Å². The van der Waals surface area contributed by atoms with Crippen LogP contribution < -0.4 is 10.6 Å². The van der Waals surface area contributed by atoms with Crippen molar-refractivity contribution in [3.63, 3.8) is 0 Å². The van der Waals surface area contributed by atoms with Crippen molar-refractivity contribution in [2.45, 2.75) is 86.0 Å². The summed E-state index contributed by atoms with van der Waals surface area (Å²) in [6.07, 6.45) is 6.94. The van der Waals surface area contributed by atoms with Gasteiger partial charge in [-0.2, -0.15) is 15.3 Å². The van der Waals surface area contributed by atoms with Gasteiger partial charge >= 0.3 is 11.9 Å². The third kappa shape index (κ3) is 12.1. The van der Waals surface area contributed by atoms with Crippen LogP contribution in [-0.4, -0.2) is 49.1 Å². The summed E-state index contributed by atoms with van der Waals surface area (Å²) in [4.78, 5) is 54.6. The van der Waals surface area contributed by atoms with E-state index in [9.17, 15) is 29.4 Å². The molecule has 0 radical (unpaired) electrons. The average Bonchev–Trinajstić information content (AvgIpc) is 3.53. The van der Waals surface area contributed by atoms with E-state index in [1.165, 1.54) is 11.9 Å². The fraction of sp³-hybridized carbons (Fsp3) is 0.559. The molecule has 250 valence electrons. The van der Waals surface area contributed by atoms with Gasteiger partial charge in [0.05, 0.1) is 23.5 Å². The molecule has 6 atom stereocenters. The van der Waals surface area contributed by atoms with Crippen LogP contribution >= 0.6 is 0 Å². The average molecular weight is 637 g/mol. The molecule has 12 nitrogen and oxygen atoms in total. The summed E-state index contributed by atoms with van der Waals surface area (Å²) >= 11 is 0. The van der Waals surface area contributed by atoms with Crippen LogP contribution in [0.25, 0.3) is 0 Å². The summed E-state index contributed by atoms with van der Waals surface area (Å²) in [6.45, 7) is 10.0. The van der Waals surface area contributed by atoms with Crippen LogP contribution in [-0.2, 0) is 19.2 Å². The number of carbonyl (C=O) groups excluding carboxylic acids is 2. The van der Waals surface area contributed by atoms with Crippen molar-refractivity contribution in [3.05, 3.63) is 47.8 Å². The summed E-state index contributed by atoms with van der Waals surface area (Å²) < 4.78 is 0. The molecule has 0 fully saturated rings. The summed E-state index contributed by atoms with van der Waals surface area (Å²) in [5.41, 5.74) is 2.18. The second kappa shape index (κ2) is 19.1. The lowest BCUT2D eigenvalue weighted by Crippen LogP contribution is -2.34. The Labute approximate surface area is 271 Å². The van der Waals surface area contributed by atoms with E-state index < -0.39 is 35.6 Å². The number of benzene rings is 1. The molecule has 2 aromatic rings. The van der Waals surface area contributed by atoms with E-state index in [1.54, 1.807) is 24.3 Å². The predicted octanol–water partition coefficient (Wildman–Crippen LogP) is 6.27. The Morgan fingerprint density at radius 2 is 1.50 bits per heavy atom. The van der Waals surface area contributed by atoms with Crippen molar-refractivity contribution in [1.29, 1.82) is 5.26 Å². The highest BCUT2D eigenvalue weighted by Crippen LogP contribution is 2.37. The fourth-order valence-electron chi connectivity index (χ4n) is 6.12. The number of nitrogens with zero attached hydrogens (tertiary/aromatic N) is 3. The molecule has 2 amide bonds. The fourth-order valence-corrected chi connectivity index (χ4v) is 6.12. The van der Waals surface area contributed by atoms with Gasteiger partial charge in [0.15, 0.2) is 0 Å². The number of carboxylic acids is 2. The second-order valence-corrected chi connectivity index (χ2v) is 12.2. The maximum atomic E-state index is 12.9. The Morgan fingerprint density at radius 1 is 0.913 bits per heavy atom. The van der Waals surface area contributed by atoms with Crippen molar-refractivity contribution in [2.24, 2.45) is 35.5 Å². The number of carbonyl (C=O) groups is 4. The maximum absolute atomic E-state index is 12.9. The van der Waals surface area contributed by atoms with Gasteiger partial charge in [0.1, 0.15) is 6.33 Å². The molecule has 0 bridgehead atoms. The SMILES string of the molecule is CC/C(C)=C\CCC(C)C(CCC(C)C(CC)C(CC(=O)Nc1ccc(C#N)cc1)C(=O)O)C(CC(=O)Nc1ncn[nH]1)C(=O)O. The number of amides is 2. The lowest BCUT2D eigenvalue weighted by Gasteiger charge is -2.33. The molecule has 1 heterocycles. The van der Waals surface area contributed by atoms with Gasteiger partial charge in [0.25, 0.3) is 0 Å². The summed E-state index contributed by atoms with van der Waals surface area (Å²) in [5, 5.41) is 41.0. The first-order valence-corrected chi connectivity index (χ1v) is 16.0. The number of aliphatic carboxylic acids is 2. The van der Waals surface area contributed by atoms with Crippen molar-refractivity contribution < 1.29 is 29.4 Å². The molecule has 1 aromatic carbocycles. The minimum atomic E-state index is -1.07. The van der Waals surface area contributed by atoms with E-state index in [0.717, 1.165) is 19.3 Å². The largest absolute Gasteiger partial charge is 0.481 e. The highest BCUT2D eigenvalue weighted by atomic mass is 16.4. The van der Waals surface area contributed by atoms with Crippen LogP contribution in [0.5, 0.6) is 0 Å². The normalized spacial score (nSPS) is 15.4. The topological polar surface area (TPSA) is 198 Å². The van der Waals surface area contributed by atoms with E-state index in [1.807, 2.05) is 26.8 Å². The molecular formula is C34H48N6O6. The van der Waals surface area contributed by atoms with Crippen LogP contribution in [0.3, 0.4) is 0 Å². The van der Waals surface area contributed by atoms with Gasteiger partial charge in [-0.3, -0.25) is 24.5 Å². The van der Waals surface area contributed by atoms with Gasteiger partial charge in [0.2, 0.25) is 17.8 Å². The van der Waals surface area contributed by atoms with E-state index in [0.29, 0.717) is 30.5 Å². The molecule has 2 rings (SSSR count). The van der Waals surface area contributed by atoms with Crippen LogP contribution in [0.1, 0.15) is 91.5 Å². The number of nitrogens with one attached hydrogen (secondary N) is 3. The Hall–Kier alpha value is -4.53. The molecule has 0 aliphatic heterocycles. The zero-order valence-corrected chi connectivity index (χ0v) is 27.5. The van der Waals surface area contributed by atoms with Gasteiger partial charge in [-0.05, 0) is 80.5 Å². The number of aromatic amines is 1. The first-order valence-electron chi connectivity index (χ1n) is 16.0. The smallest absolute Gasteiger partial charge is 0.307 e. The Kier molecular flexibility index (Phi) is 15.6. The third-order valence-electron chi connectivity index (χ3n) is 9.01. The Balaban J connectivity index is 2.20. The van der Waals surface area contributed by atoms with E-state index >= 15 is 0 Å². The lowest BCUT2D eigenvalue weighted by atomic mass is 9.71. The molecule has 5 N–H and O–H groups in total. The number of aromatic nitrogens is 3. The molecule has 1 aromatic heterocycles. The zero-order chi connectivity index (χ0) is 34.2. The zero-order valence-electron chi connectivity index (χ0n) is 27.5. The number of rotatable bonds is 20. The summed E-state index contributed by atoms with van der Waals surface area (Å²) in [6, 6.07) is 8.35. The first kappa shape index (κ1) is 37.7. The first-order chi connectivity index (χ1) is 21.9. The summed E-state index contributed by atoms with van der Waals surface area (Å²) in [7, 11) is 0. The molecule has 12 heteroatoms. The van der Waals surface area contributed by atoms with Crippen LogP contribution in [0.4, 0.5) is 11.6 Å². The third-order valence-corrected chi connectivity index (χ3v) is 9.01. The van der Waals surface area contributed by atoms with Crippen molar-refractivity contribution in [3.8, 4) is 6.07 Å². The standard InChI is InChI=1S/C34H48N6O6/c1-6-21(3)9-8-10-22(4)27(29(33(45)46)18-31(42)39-34-36-20-37-40-34)16-11-23(5)26(7-2)28(32(43)44)17-30(41)38-25-14-12-24(19-35)13-15-25/h9,12-15,20,22-23,26-29H,6-8,10-11,16-18H2,1-5H3,(H,38,41)(H,43,44)(H,45,46)(H2,36,37,39,40,42)/b21-9-. The number of nitriles is 1. The van der Waals surface area contributed by atoms with Gasteiger partial charge in [0, 0.05) is 18.5 Å². The second-order valence-electron chi connectivity index (χ2n) is 12.2. The van der Waals surface area contributed by atoms with Gasteiger partial charge in [-0.1, -0.05) is 52.2 Å². The van der Waals surface area contributed by atoms with Crippen molar-refractivity contribution >= 4 is 35.4 Å². The Morgan fingerprint density at radius 3 is 2.02 bits per heavy atom. The molecule has 6 unspecified atom stereocenters. The number of anilines is 2. The van der Waals surface area contributed by atoms with Crippen molar-refractivity contribution in [1.82, 2.24) is 15.2 Å². The number of carboxylic acid groups (broad SMARTS) is 2. The number of hydrogen-bond acceptors (Lipinski definition) is 7. The number of hydrogen-bond donors (Lipinski definition) is 5. The van der Waals surface area contributed by atoms with Gasteiger partial charge in [-0.25, -0.2) is 5.10 Å². The monoisotopic (exact) mass is 636 g/mol. The van der Waals surface area contributed by atoms with E-state index in [2.05, 4.69) is 45.7 Å². The van der Waals surface area contributed by atoms with Gasteiger partial charge < -0.3 is 15.5 Å². The highest BCUT2D eigenvalue weighted by molar-refractivity contribution is 5.93. The molecular weight excluding hydrogens is 588 g/mol. The predicted molar refractivity (Wildman–Crippen MR) is 174 cm³/mol. The summed E-state index contributed by atoms with van der Waals surface area (Å²) in [5.74, 6) is -5.67. The Bertz CT molecular complexity index is 1350.